The summed E-state index contributed by atoms with van der Waals surface area (Å²) in [5, 5.41) is 3.98. The zero-order chi connectivity index (χ0) is 15.6. The Balaban J connectivity index is 1.72. The molecule has 0 bridgehead atoms. The maximum atomic E-state index is 11.0. The summed E-state index contributed by atoms with van der Waals surface area (Å²) in [6, 6.07) is 3.32. The summed E-state index contributed by atoms with van der Waals surface area (Å²) in [7, 11) is 0. The van der Waals surface area contributed by atoms with E-state index in [2.05, 4.69) is 25.1 Å². The third kappa shape index (κ3) is 2.57. The lowest BCUT2D eigenvalue weighted by Crippen LogP contribution is -2.15. The van der Waals surface area contributed by atoms with Crippen molar-refractivity contribution >= 4 is 11.3 Å². The van der Waals surface area contributed by atoms with Gasteiger partial charge in [-0.1, -0.05) is 5.18 Å². The second kappa shape index (κ2) is 5.81. The molecule has 1 unspecified atom stereocenters. The van der Waals surface area contributed by atoms with Crippen molar-refractivity contribution in [2.75, 3.05) is 6.61 Å². The van der Waals surface area contributed by atoms with E-state index in [0.29, 0.717) is 30.3 Å². The number of nitroso groups, excluding NO2 is 1. The zero-order valence-corrected chi connectivity index (χ0v) is 12.7. The number of aromatic nitrogens is 4. The number of hydrogen-bond acceptors (Lipinski definition) is 8. The van der Waals surface area contributed by atoms with Crippen LogP contribution in [0.5, 0.6) is 5.88 Å². The van der Waals surface area contributed by atoms with Crippen molar-refractivity contribution in [2.45, 2.75) is 12.5 Å². The minimum absolute atomic E-state index is 0.390. The van der Waals surface area contributed by atoms with E-state index < -0.39 is 6.04 Å². The molecular weight excluding hydrogens is 314 g/mol. The van der Waals surface area contributed by atoms with Crippen LogP contribution in [0, 0.1) is 4.91 Å². The van der Waals surface area contributed by atoms with Gasteiger partial charge in [-0.2, -0.15) is 4.91 Å². The van der Waals surface area contributed by atoms with Crippen molar-refractivity contribution in [3.8, 4) is 27.0 Å². The number of pyridine rings is 1. The molecule has 7 nitrogen and oxygen atoms in total. The van der Waals surface area contributed by atoms with Gasteiger partial charge >= 0.3 is 0 Å². The standard InChI is InChI=1S/C15H11N5O2S/c21-20-10-3-5-22-14-13(10)19-11(7-17-14)12-8-18-15(23-12)9-2-1-4-16-6-9/h1-2,4,6-8,10H,3,5H2. The van der Waals surface area contributed by atoms with Crippen LogP contribution in [-0.4, -0.2) is 26.5 Å². The largest absolute Gasteiger partial charge is 0.476 e. The fourth-order valence-electron chi connectivity index (χ4n) is 2.36. The Bertz CT molecular complexity index is 852. The first-order valence-electron chi connectivity index (χ1n) is 7.04. The summed E-state index contributed by atoms with van der Waals surface area (Å²) in [5.41, 5.74) is 2.11. The van der Waals surface area contributed by atoms with E-state index in [0.717, 1.165) is 15.4 Å². The van der Waals surface area contributed by atoms with Crippen LogP contribution in [0.3, 0.4) is 0 Å². The maximum absolute atomic E-state index is 11.0. The van der Waals surface area contributed by atoms with Crippen LogP contribution in [0.25, 0.3) is 21.1 Å². The second-order valence-corrected chi connectivity index (χ2v) is 6.01. The quantitative estimate of drug-likeness (QED) is 0.687. The van der Waals surface area contributed by atoms with Crippen molar-refractivity contribution < 1.29 is 4.74 Å². The zero-order valence-electron chi connectivity index (χ0n) is 11.9. The molecule has 4 heterocycles. The molecule has 23 heavy (non-hydrogen) atoms. The lowest BCUT2D eigenvalue weighted by molar-refractivity contribution is 0.253. The molecule has 1 aliphatic rings. The molecule has 0 spiro atoms. The van der Waals surface area contributed by atoms with Gasteiger partial charge in [-0.05, 0) is 12.1 Å². The molecule has 0 N–H and O–H groups in total. The summed E-state index contributed by atoms with van der Waals surface area (Å²) in [4.78, 5) is 29.1. The Kier molecular flexibility index (Phi) is 3.51. The molecule has 1 aliphatic heterocycles. The first kappa shape index (κ1) is 13.9. The minimum Gasteiger partial charge on any atom is -0.476 e. The molecule has 3 aromatic heterocycles. The molecule has 3 aromatic rings. The van der Waals surface area contributed by atoms with Gasteiger partial charge in [-0.15, -0.1) is 11.3 Å². The Labute approximate surface area is 135 Å². The SMILES string of the molecule is O=NC1CCOc2ncc(-c3cnc(-c4cccnc4)s3)nc21. The van der Waals surface area contributed by atoms with E-state index in [9.17, 15) is 4.91 Å². The average Bonchev–Trinajstić information content (AvgIpc) is 3.11. The fourth-order valence-corrected chi connectivity index (χ4v) is 3.22. The van der Waals surface area contributed by atoms with E-state index in [4.69, 9.17) is 4.74 Å². The highest BCUT2D eigenvalue weighted by atomic mass is 32.1. The van der Waals surface area contributed by atoms with Crippen molar-refractivity contribution in [3.05, 3.63) is 47.5 Å². The molecule has 0 aliphatic carbocycles. The highest BCUT2D eigenvalue weighted by Crippen LogP contribution is 2.35. The van der Waals surface area contributed by atoms with Crippen LogP contribution >= 0.6 is 11.3 Å². The molecule has 114 valence electrons. The molecular formula is C15H11N5O2S. The van der Waals surface area contributed by atoms with Gasteiger partial charge in [0.1, 0.15) is 22.4 Å². The Morgan fingerprint density at radius 3 is 3.04 bits per heavy atom. The van der Waals surface area contributed by atoms with Gasteiger partial charge in [0.25, 0.3) is 0 Å². The van der Waals surface area contributed by atoms with Gasteiger partial charge < -0.3 is 4.74 Å². The van der Waals surface area contributed by atoms with Gasteiger partial charge in [0.05, 0.1) is 17.7 Å². The molecule has 0 saturated carbocycles. The first-order valence-corrected chi connectivity index (χ1v) is 7.85. The normalized spacial score (nSPS) is 16.4. The molecule has 0 amide bonds. The average molecular weight is 325 g/mol. The van der Waals surface area contributed by atoms with E-state index in [-0.39, 0.29) is 0 Å². The predicted molar refractivity (Wildman–Crippen MR) is 85.0 cm³/mol. The van der Waals surface area contributed by atoms with Crippen molar-refractivity contribution in [1.82, 2.24) is 19.9 Å². The first-order chi connectivity index (χ1) is 11.3. The summed E-state index contributed by atoms with van der Waals surface area (Å²) in [6.07, 6.45) is 7.39. The van der Waals surface area contributed by atoms with Crippen molar-refractivity contribution in [3.63, 3.8) is 0 Å². The van der Waals surface area contributed by atoms with E-state index in [1.165, 1.54) is 11.3 Å². The lowest BCUT2D eigenvalue weighted by atomic mass is 10.1. The highest BCUT2D eigenvalue weighted by Gasteiger charge is 2.26. The van der Waals surface area contributed by atoms with Crippen molar-refractivity contribution in [1.29, 1.82) is 0 Å². The summed E-state index contributed by atoms with van der Waals surface area (Å²) in [6.45, 7) is 0.434. The van der Waals surface area contributed by atoms with Crippen LogP contribution in [0.2, 0.25) is 0 Å². The van der Waals surface area contributed by atoms with Gasteiger partial charge in [0.15, 0.2) is 0 Å². The Morgan fingerprint density at radius 2 is 2.22 bits per heavy atom. The molecule has 4 rings (SSSR count). The summed E-state index contributed by atoms with van der Waals surface area (Å²) < 4.78 is 5.43. The number of nitrogens with zero attached hydrogens (tertiary/aromatic N) is 5. The van der Waals surface area contributed by atoms with Crippen LogP contribution in [0.1, 0.15) is 18.2 Å². The lowest BCUT2D eigenvalue weighted by Gasteiger charge is -2.19. The van der Waals surface area contributed by atoms with E-state index in [1.807, 2.05) is 12.1 Å². The second-order valence-electron chi connectivity index (χ2n) is 4.98. The number of ether oxygens (including phenoxy) is 1. The van der Waals surface area contributed by atoms with Crippen molar-refractivity contribution in [2.24, 2.45) is 5.18 Å². The van der Waals surface area contributed by atoms with Gasteiger partial charge in [0.2, 0.25) is 5.88 Å². The number of thiazole rings is 1. The maximum Gasteiger partial charge on any atom is 0.238 e. The summed E-state index contributed by atoms with van der Waals surface area (Å²) in [5.74, 6) is 0.390. The Morgan fingerprint density at radius 1 is 1.26 bits per heavy atom. The molecule has 0 saturated heterocycles. The molecule has 0 fully saturated rings. The minimum atomic E-state index is -0.503. The van der Waals surface area contributed by atoms with Crippen LogP contribution in [0.15, 0.2) is 42.1 Å². The predicted octanol–water partition coefficient (Wildman–Crippen LogP) is 3.25. The fraction of sp³-hybridized carbons (Fsp3) is 0.200. The van der Waals surface area contributed by atoms with E-state index >= 15 is 0 Å². The number of rotatable bonds is 3. The van der Waals surface area contributed by atoms with Crippen LogP contribution in [0.4, 0.5) is 0 Å². The highest BCUT2D eigenvalue weighted by molar-refractivity contribution is 7.18. The van der Waals surface area contributed by atoms with E-state index in [1.54, 1.807) is 24.8 Å². The van der Waals surface area contributed by atoms with Gasteiger partial charge in [-0.25, -0.2) is 15.0 Å². The molecule has 8 heteroatoms. The van der Waals surface area contributed by atoms with Crippen LogP contribution in [-0.2, 0) is 0 Å². The number of fused-ring (bicyclic) bond motifs is 1. The molecule has 1 atom stereocenters. The topological polar surface area (TPSA) is 90.2 Å². The smallest absolute Gasteiger partial charge is 0.238 e. The number of hydrogen-bond donors (Lipinski definition) is 0. The molecule has 0 radical (unpaired) electrons. The van der Waals surface area contributed by atoms with Gasteiger partial charge in [0, 0.05) is 30.6 Å². The third-order valence-corrected chi connectivity index (χ3v) is 4.57. The monoisotopic (exact) mass is 325 g/mol. The van der Waals surface area contributed by atoms with Crippen LogP contribution < -0.4 is 4.74 Å². The van der Waals surface area contributed by atoms with Gasteiger partial charge in [-0.3, -0.25) is 4.98 Å². The Hall–Kier alpha value is -2.74. The summed E-state index contributed by atoms with van der Waals surface area (Å²) >= 11 is 1.50. The third-order valence-electron chi connectivity index (χ3n) is 3.50. The molecule has 0 aromatic carbocycles.